The Hall–Kier alpha value is -2.90. The number of nitrogens with one attached hydrogen (secondary N) is 2. The van der Waals surface area contributed by atoms with Crippen LogP contribution in [-0.2, 0) is 4.79 Å². The van der Waals surface area contributed by atoms with E-state index in [-0.39, 0.29) is 11.6 Å². The molecule has 0 saturated heterocycles. The first-order valence-electron chi connectivity index (χ1n) is 10.9. The Morgan fingerprint density at radius 2 is 1.68 bits per heavy atom. The monoisotopic (exact) mass is 584 g/mol. The van der Waals surface area contributed by atoms with Crippen molar-refractivity contribution >= 4 is 55.4 Å². The molecule has 176 valence electrons. The van der Waals surface area contributed by atoms with Crippen molar-refractivity contribution in [3.63, 3.8) is 0 Å². The summed E-state index contributed by atoms with van der Waals surface area (Å²) in [5, 5.41) is 5.63. The molecule has 0 aromatic heterocycles. The van der Waals surface area contributed by atoms with Crippen molar-refractivity contribution in [2.45, 2.75) is 26.7 Å². The molecule has 0 aliphatic heterocycles. The maximum Gasteiger partial charge on any atom is 0.272 e. The normalized spacial score (nSPS) is 11.1. The standard InChI is InChI=1S/C27H26Br2N2O3/c1-3-4-15-34-22-12-8-20(9-13-22)26(32)31-25(17-19-6-10-21(28)11-7-19)27(33)30-24-14-5-18(2)16-23(24)29/h5-14,16-17H,3-4,15H2,1-2H3,(H,30,33)(H,31,32). The fraction of sp³-hybridized carbons (Fsp3) is 0.185. The minimum atomic E-state index is -0.430. The number of aryl methyl sites for hydroxylation is 1. The Bertz CT molecular complexity index is 1170. The summed E-state index contributed by atoms with van der Waals surface area (Å²) >= 11 is 6.89. The largest absolute Gasteiger partial charge is 0.494 e. The molecule has 0 fully saturated rings. The smallest absolute Gasteiger partial charge is 0.272 e. The molecule has 0 saturated carbocycles. The highest BCUT2D eigenvalue weighted by Gasteiger charge is 2.16. The average molecular weight is 586 g/mol. The van der Waals surface area contributed by atoms with Crippen LogP contribution in [0.4, 0.5) is 5.69 Å². The van der Waals surface area contributed by atoms with Crippen LogP contribution in [0.1, 0.15) is 41.3 Å². The molecule has 0 spiro atoms. The average Bonchev–Trinajstić information content (AvgIpc) is 2.82. The summed E-state index contributed by atoms with van der Waals surface area (Å²) in [6, 6.07) is 20.0. The van der Waals surface area contributed by atoms with Gasteiger partial charge in [0.05, 0.1) is 12.3 Å². The summed E-state index contributed by atoms with van der Waals surface area (Å²) in [5.74, 6) is -0.112. The van der Waals surface area contributed by atoms with E-state index in [1.165, 1.54) is 0 Å². The molecule has 0 bridgehead atoms. The topological polar surface area (TPSA) is 67.4 Å². The van der Waals surface area contributed by atoms with Crippen LogP contribution in [0.2, 0.25) is 0 Å². The summed E-state index contributed by atoms with van der Waals surface area (Å²) in [6.07, 6.45) is 3.66. The van der Waals surface area contributed by atoms with Crippen LogP contribution in [-0.4, -0.2) is 18.4 Å². The van der Waals surface area contributed by atoms with Crippen molar-refractivity contribution in [2.24, 2.45) is 0 Å². The molecule has 7 heteroatoms. The molecule has 34 heavy (non-hydrogen) atoms. The number of hydrogen-bond acceptors (Lipinski definition) is 3. The van der Waals surface area contributed by atoms with E-state index in [1.807, 2.05) is 49.4 Å². The minimum Gasteiger partial charge on any atom is -0.494 e. The Kier molecular flexibility index (Phi) is 9.48. The van der Waals surface area contributed by atoms with Crippen LogP contribution < -0.4 is 15.4 Å². The Labute approximate surface area is 216 Å². The second kappa shape index (κ2) is 12.5. The van der Waals surface area contributed by atoms with Gasteiger partial charge in [-0.25, -0.2) is 0 Å². The van der Waals surface area contributed by atoms with E-state index < -0.39 is 5.91 Å². The van der Waals surface area contributed by atoms with Crippen molar-refractivity contribution in [3.8, 4) is 5.75 Å². The number of halogens is 2. The third kappa shape index (κ3) is 7.57. The van der Waals surface area contributed by atoms with Gasteiger partial charge in [-0.05, 0) is 95.0 Å². The first-order valence-corrected chi connectivity index (χ1v) is 12.5. The Morgan fingerprint density at radius 1 is 0.971 bits per heavy atom. The highest BCUT2D eigenvalue weighted by molar-refractivity contribution is 9.10. The zero-order valence-corrected chi connectivity index (χ0v) is 22.2. The Balaban J connectivity index is 1.81. The fourth-order valence-corrected chi connectivity index (χ4v) is 3.88. The number of hydrogen-bond donors (Lipinski definition) is 2. The van der Waals surface area contributed by atoms with E-state index >= 15 is 0 Å². The summed E-state index contributed by atoms with van der Waals surface area (Å²) in [4.78, 5) is 26.1. The number of unbranched alkanes of at least 4 members (excludes halogenated alkanes) is 1. The quantitative estimate of drug-likeness (QED) is 0.208. The number of ether oxygens (including phenoxy) is 1. The molecule has 0 aliphatic carbocycles. The first kappa shape index (κ1) is 25.7. The molecule has 2 amide bonds. The maximum absolute atomic E-state index is 13.1. The van der Waals surface area contributed by atoms with Crippen molar-refractivity contribution in [1.82, 2.24) is 5.32 Å². The molecular formula is C27H26Br2N2O3. The van der Waals surface area contributed by atoms with Crippen LogP contribution in [0.5, 0.6) is 5.75 Å². The molecule has 0 aliphatic rings. The van der Waals surface area contributed by atoms with Gasteiger partial charge < -0.3 is 15.4 Å². The number of carbonyl (C=O) groups excluding carboxylic acids is 2. The van der Waals surface area contributed by atoms with E-state index in [2.05, 4.69) is 49.4 Å². The summed E-state index contributed by atoms with van der Waals surface area (Å²) in [7, 11) is 0. The molecular weight excluding hydrogens is 560 g/mol. The lowest BCUT2D eigenvalue weighted by molar-refractivity contribution is -0.113. The highest BCUT2D eigenvalue weighted by atomic mass is 79.9. The summed E-state index contributed by atoms with van der Waals surface area (Å²) in [5.41, 5.74) is 3.00. The SMILES string of the molecule is CCCCOc1ccc(C(=O)NC(=Cc2ccc(Br)cc2)C(=O)Nc2ccc(C)cc2Br)cc1. The van der Waals surface area contributed by atoms with E-state index in [0.717, 1.165) is 32.9 Å². The van der Waals surface area contributed by atoms with Gasteiger partial charge in [-0.3, -0.25) is 9.59 Å². The lowest BCUT2D eigenvalue weighted by Crippen LogP contribution is -2.30. The van der Waals surface area contributed by atoms with Gasteiger partial charge >= 0.3 is 0 Å². The molecule has 0 atom stereocenters. The van der Waals surface area contributed by atoms with Gasteiger partial charge in [0.25, 0.3) is 11.8 Å². The van der Waals surface area contributed by atoms with E-state index in [0.29, 0.717) is 23.6 Å². The zero-order chi connectivity index (χ0) is 24.5. The van der Waals surface area contributed by atoms with E-state index in [9.17, 15) is 9.59 Å². The van der Waals surface area contributed by atoms with Gasteiger partial charge in [-0.2, -0.15) is 0 Å². The molecule has 2 N–H and O–H groups in total. The predicted octanol–water partition coefficient (Wildman–Crippen LogP) is 7.11. The highest BCUT2D eigenvalue weighted by Crippen LogP contribution is 2.24. The van der Waals surface area contributed by atoms with E-state index in [1.54, 1.807) is 30.3 Å². The van der Waals surface area contributed by atoms with Gasteiger partial charge in [-0.1, -0.05) is 47.5 Å². The number of benzene rings is 3. The molecule has 3 aromatic rings. The van der Waals surface area contributed by atoms with Crippen molar-refractivity contribution in [2.75, 3.05) is 11.9 Å². The lowest BCUT2D eigenvalue weighted by atomic mass is 10.1. The van der Waals surface area contributed by atoms with Crippen LogP contribution >= 0.6 is 31.9 Å². The molecule has 5 nitrogen and oxygen atoms in total. The minimum absolute atomic E-state index is 0.128. The molecule has 0 heterocycles. The zero-order valence-electron chi connectivity index (χ0n) is 19.0. The molecule has 3 aromatic carbocycles. The van der Waals surface area contributed by atoms with Crippen LogP contribution in [0.15, 0.2) is 81.4 Å². The second-order valence-electron chi connectivity index (χ2n) is 7.73. The van der Waals surface area contributed by atoms with Gasteiger partial charge in [0.1, 0.15) is 11.4 Å². The van der Waals surface area contributed by atoms with Crippen molar-refractivity contribution < 1.29 is 14.3 Å². The third-order valence-electron chi connectivity index (χ3n) is 4.93. The second-order valence-corrected chi connectivity index (χ2v) is 9.50. The van der Waals surface area contributed by atoms with Crippen LogP contribution in [0.3, 0.4) is 0 Å². The van der Waals surface area contributed by atoms with Gasteiger partial charge in [0.15, 0.2) is 0 Å². The molecule has 0 radical (unpaired) electrons. The summed E-state index contributed by atoms with van der Waals surface area (Å²) in [6.45, 7) is 4.70. The number of rotatable bonds is 9. The van der Waals surface area contributed by atoms with Crippen molar-refractivity contribution in [3.05, 3.63) is 98.1 Å². The Morgan fingerprint density at radius 3 is 2.32 bits per heavy atom. The maximum atomic E-state index is 13.1. The van der Waals surface area contributed by atoms with Crippen LogP contribution in [0.25, 0.3) is 6.08 Å². The van der Waals surface area contributed by atoms with Crippen LogP contribution in [0, 0.1) is 6.92 Å². The first-order chi connectivity index (χ1) is 16.4. The number of anilines is 1. The lowest BCUT2D eigenvalue weighted by Gasteiger charge is -2.13. The van der Waals surface area contributed by atoms with Gasteiger partial charge in [-0.15, -0.1) is 0 Å². The molecule has 0 unspecified atom stereocenters. The molecule has 3 rings (SSSR count). The fourth-order valence-electron chi connectivity index (χ4n) is 3.03. The number of carbonyl (C=O) groups is 2. The van der Waals surface area contributed by atoms with Gasteiger partial charge in [0, 0.05) is 14.5 Å². The van der Waals surface area contributed by atoms with E-state index in [4.69, 9.17) is 4.74 Å². The summed E-state index contributed by atoms with van der Waals surface area (Å²) < 4.78 is 7.34. The van der Waals surface area contributed by atoms with Gasteiger partial charge in [0.2, 0.25) is 0 Å². The predicted molar refractivity (Wildman–Crippen MR) is 144 cm³/mol. The van der Waals surface area contributed by atoms with Crippen molar-refractivity contribution in [1.29, 1.82) is 0 Å². The third-order valence-corrected chi connectivity index (χ3v) is 6.11. The number of amides is 2.